The van der Waals surface area contributed by atoms with Gasteiger partial charge >= 0.3 is 0 Å². The molecule has 18 heavy (non-hydrogen) atoms. The quantitative estimate of drug-likeness (QED) is 0.804. The van der Waals surface area contributed by atoms with Crippen LogP contribution in [-0.4, -0.2) is 34.2 Å². The van der Waals surface area contributed by atoms with Crippen LogP contribution >= 0.6 is 15.9 Å². The SMILES string of the molecule is Cc1cncc(C(=O)N2CCCC(CCBr)C2)c1. The van der Waals surface area contributed by atoms with Crippen molar-refractivity contribution in [3.63, 3.8) is 0 Å². The summed E-state index contributed by atoms with van der Waals surface area (Å²) in [7, 11) is 0. The molecule has 1 atom stereocenters. The van der Waals surface area contributed by atoms with Crippen molar-refractivity contribution in [2.45, 2.75) is 26.2 Å². The van der Waals surface area contributed by atoms with Gasteiger partial charge in [-0.05, 0) is 43.7 Å². The fourth-order valence-corrected chi connectivity index (χ4v) is 3.14. The van der Waals surface area contributed by atoms with Crippen molar-refractivity contribution in [2.75, 3.05) is 18.4 Å². The molecule has 3 nitrogen and oxygen atoms in total. The number of carbonyl (C=O) groups is 1. The molecule has 1 aliphatic rings. The van der Waals surface area contributed by atoms with Crippen LogP contribution in [0.25, 0.3) is 0 Å². The molecule has 1 unspecified atom stereocenters. The lowest BCUT2D eigenvalue weighted by atomic mass is 9.95. The first-order valence-corrected chi connectivity index (χ1v) is 7.59. The van der Waals surface area contributed by atoms with Crippen molar-refractivity contribution in [1.29, 1.82) is 0 Å². The van der Waals surface area contributed by atoms with Gasteiger partial charge in [0.05, 0.1) is 5.56 Å². The van der Waals surface area contributed by atoms with Crippen LogP contribution in [0.4, 0.5) is 0 Å². The second-order valence-corrected chi connectivity index (χ2v) is 5.78. The van der Waals surface area contributed by atoms with E-state index in [0.717, 1.165) is 42.4 Å². The van der Waals surface area contributed by atoms with Crippen LogP contribution < -0.4 is 0 Å². The summed E-state index contributed by atoms with van der Waals surface area (Å²) in [6, 6.07) is 1.92. The van der Waals surface area contributed by atoms with Gasteiger partial charge < -0.3 is 4.90 Å². The molecule has 0 spiro atoms. The van der Waals surface area contributed by atoms with Crippen molar-refractivity contribution in [3.8, 4) is 0 Å². The van der Waals surface area contributed by atoms with E-state index in [1.807, 2.05) is 17.9 Å². The maximum Gasteiger partial charge on any atom is 0.255 e. The van der Waals surface area contributed by atoms with Crippen molar-refractivity contribution in [2.24, 2.45) is 5.92 Å². The van der Waals surface area contributed by atoms with Crippen LogP contribution in [0.1, 0.15) is 35.2 Å². The Morgan fingerprint density at radius 1 is 1.56 bits per heavy atom. The molecule has 4 heteroatoms. The molecule has 1 amide bonds. The van der Waals surface area contributed by atoms with Gasteiger partial charge in [-0.25, -0.2) is 0 Å². The Hall–Kier alpha value is -0.900. The van der Waals surface area contributed by atoms with Crippen LogP contribution in [0.3, 0.4) is 0 Å². The largest absolute Gasteiger partial charge is 0.338 e. The molecule has 98 valence electrons. The number of halogens is 1. The lowest BCUT2D eigenvalue weighted by Gasteiger charge is -2.32. The molecule has 2 heterocycles. The van der Waals surface area contributed by atoms with E-state index >= 15 is 0 Å². The van der Waals surface area contributed by atoms with E-state index in [-0.39, 0.29) is 5.91 Å². The Morgan fingerprint density at radius 2 is 2.39 bits per heavy atom. The molecule has 0 bridgehead atoms. The Balaban J connectivity index is 2.04. The molecule has 1 aliphatic heterocycles. The minimum atomic E-state index is 0.130. The molecule has 1 aromatic rings. The molecular weight excluding hydrogens is 292 g/mol. The van der Waals surface area contributed by atoms with E-state index in [2.05, 4.69) is 20.9 Å². The van der Waals surface area contributed by atoms with Crippen LogP contribution in [0.2, 0.25) is 0 Å². The third-order valence-corrected chi connectivity index (χ3v) is 3.90. The molecule has 1 saturated heterocycles. The normalized spacial score (nSPS) is 19.9. The van der Waals surface area contributed by atoms with Crippen molar-refractivity contribution in [1.82, 2.24) is 9.88 Å². The van der Waals surface area contributed by atoms with Crippen LogP contribution in [0.15, 0.2) is 18.5 Å². The van der Waals surface area contributed by atoms with E-state index in [0.29, 0.717) is 5.92 Å². The second-order valence-electron chi connectivity index (χ2n) is 4.99. The highest BCUT2D eigenvalue weighted by Gasteiger charge is 2.24. The third kappa shape index (κ3) is 3.31. The zero-order valence-electron chi connectivity index (χ0n) is 10.7. The second kappa shape index (κ2) is 6.32. The summed E-state index contributed by atoms with van der Waals surface area (Å²) in [4.78, 5) is 18.5. The van der Waals surface area contributed by atoms with E-state index in [4.69, 9.17) is 0 Å². The van der Waals surface area contributed by atoms with E-state index in [1.165, 1.54) is 6.42 Å². The summed E-state index contributed by atoms with van der Waals surface area (Å²) in [5.74, 6) is 0.769. The van der Waals surface area contributed by atoms with Crippen LogP contribution in [0.5, 0.6) is 0 Å². The van der Waals surface area contributed by atoms with Gasteiger partial charge in [0.15, 0.2) is 0 Å². The number of hydrogen-bond acceptors (Lipinski definition) is 2. The molecule has 1 aromatic heterocycles. The van der Waals surface area contributed by atoms with Gasteiger partial charge in [0.25, 0.3) is 5.91 Å². The zero-order chi connectivity index (χ0) is 13.0. The number of likely N-dealkylation sites (tertiary alicyclic amines) is 1. The van der Waals surface area contributed by atoms with Gasteiger partial charge in [-0.15, -0.1) is 0 Å². The number of pyridine rings is 1. The number of piperidine rings is 1. The molecule has 0 aromatic carbocycles. The smallest absolute Gasteiger partial charge is 0.255 e. The number of amides is 1. The lowest BCUT2D eigenvalue weighted by molar-refractivity contribution is 0.0671. The summed E-state index contributed by atoms with van der Waals surface area (Å²) >= 11 is 3.48. The Kier molecular flexibility index (Phi) is 4.75. The highest BCUT2D eigenvalue weighted by atomic mass is 79.9. The average molecular weight is 311 g/mol. The standard InChI is InChI=1S/C14H19BrN2O/c1-11-7-13(9-16-8-11)14(18)17-6-2-3-12(10-17)4-5-15/h7-9,12H,2-6,10H2,1H3. The van der Waals surface area contributed by atoms with Gasteiger partial charge in [-0.1, -0.05) is 15.9 Å². The van der Waals surface area contributed by atoms with Gasteiger partial charge in [-0.2, -0.15) is 0 Å². The highest BCUT2D eigenvalue weighted by molar-refractivity contribution is 9.09. The monoisotopic (exact) mass is 310 g/mol. The van der Waals surface area contributed by atoms with Crippen molar-refractivity contribution >= 4 is 21.8 Å². The molecule has 1 fully saturated rings. The molecule has 0 N–H and O–H groups in total. The van der Waals surface area contributed by atoms with E-state index in [9.17, 15) is 4.79 Å². The van der Waals surface area contributed by atoms with E-state index in [1.54, 1.807) is 12.4 Å². The maximum atomic E-state index is 12.4. The summed E-state index contributed by atoms with van der Waals surface area (Å²) in [5.41, 5.74) is 1.75. The third-order valence-electron chi connectivity index (χ3n) is 3.45. The lowest BCUT2D eigenvalue weighted by Crippen LogP contribution is -2.40. The minimum Gasteiger partial charge on any atom is -0.338 e. The molecular formula is C14H19BrN2O. The Bertz CT molecular complexity index is 420. The van der Waals surface area contributed by atoms with Gasteiger partial charge in [-0.3, -0.25) is 9.78 Å². The Labute approximate surface area is 117 Å². The summed E-state index contributed by atoms with van der Waals surface area (Å²) in [6.45, 7) is 3.73. The zero-order valence-corrected chi connectivity index (χ0v) is 12.3. The number of rotatable bonds is 3. The minimum absolute atomic E-state index is 0.130. The van der Waals surface area contributed by atoms with Crippen molar-refractivity contribution < 1.29 is 4.79 Å². The molecule has 2 rings (SSSR count). The summed E-state index contributed by atoms with van der Waals surface area (Å²) in [6.07, 6.45) is 6.95. The number of nitrogens with zero attached hydrogens (tertiary/aromatic N) is 2. The predicted octanol–water partition coefficient (Wildman–Crippen LogP) is 3.03. The first kappa shape index (κ1) is 13.5. The van der Waals surface area contributed by atoms with Gasteiger partial charge in [0.2, 0.25) is 0 Å². The van der Waals surface area contributed by atoms with Gasteiger partial charge in [0, 0.05) is 30.8 Å². The maximum absolute atomic E-state index is 12.4. The number of carbonyl (C=O) groups excluding carboxylic acids is 1. The number of aryl methyl sites for hydroxylation is 1. The number of hydrogen-bond donors (Lipinski definition) is 0. The van der Waals surface area contributed by atoms with Crippen LogP contribution in [-0.2, 0) is 0 Å². The fraction of sp³-hybridized carbons (Fsp3) is 0.571. The van der Waals surface area contributed by atoms with E-state index < -0.39 is 0 Å². The molecule has 0 aliphatic carbocycles. The molecule has 0 saturated carbocycles. The predicted molar refractivity (Wildman–Crippen MR) is 76.0 cm³/mol. The van der Waals surface area contributed by atoms with Gasteiger partial charge in [0.1, 0.15) is 0 Å². The van der Waals surface area contributed by atoms with Crippen LogP contribution in [0, 0.1) is 12.8 Å². The number of aromatic nitrogens is 1. The first-order chi connectivity index (χ1) is 8.70. The summed E-state index contributed by atoms with van der Waals surface area (Å²) < 4.78 is 0. The highest BCUT2D eigenvalue weighted by Crippen LogP contribution is 2.21. The average Bonchev–Trinajstić information content (AvgIpc) is 2.39. The molecule has 0 radical (unpaired) electrons. The Morgan fingerprint density at radius 3 is 3.11 bits per heavy atom. The fourth-order valence-electron chi connectivity index (χ4n) is 2.49. The number of alkyl halides is 1. The van der Waals surface area contributed by atoms with Crippen molar-refractivity contribution in [3.05, 3.63) is 29.6 Å². The first-order valence-electron chi connectivity index (χ1n) is 6.47. The summed E-state index contributed by atoms with van der Waals surface area (Å²) in [5, 5.41) is 1.02. The topological polar surface area (TPSA) is 33.2 Å².